The van der Waals surface area contributed by atoms with E-state index in [1.165, 1.54) is 5.56 Å². The summed E-state index contributed by atoms with van der Waals surface area (Å²) < 4.78 is 0. The summed E-state index contributed by atoms with van der Waals surface area (Å²) in [5, 5.41) is 0. The molecule has 0 aliphatic rings. The molecule has 1 aromatic carbocycles. The van der Waals surface area contributed by atoms with Crippen LogP contribution in [0.15, 0.2) is 42.5 Å². The maximum Gasteiger partial charge on any atom is 0.119 e. The fourth-order valence-electron chi connectivity index (χ4n) is 1.62. The van der Waals surface area contributed by atoms with Crippen LogP contribution in [0.1, 0.15) is 37.7 Å². The van der Waals surface area contributed by atoms with Crippen LogP contribution >= 0.6 is 0 Å². The maximum atomic E-state index is 10.1. The van der Waals surface area contributed by atoms with Crippen LogP contribution in [0.2, 0.25) is 0 Å². The molecule has 0 saturated heterocycles. The molecule has 0 N–H and O–H groups in total. The van der Waals surface area contributed by atoms with E-state index in [1.54, 1.807) is 0 Å². The molecule has 0 bridgehead atoms. The highest BCUT2D eigenvalue weighted by molar-refractivity contribution is 5.48. The number of aldehydes is 1. The Morgan fingerprint density at radius 2 is 1.56 bits per heavy atom. The number of allylic oxidation sites excluding steroid dienone is 2. The van der Waals surface area contributed by atoms with Gasteiger partial charge in [-0.15, -0.1) is 0 Å². The van der Waals surface area contributed by atoms with Crippen molar-refractivity contribution in [2.24, 2.45) is 0 Å². The van der Waals surface area contributed by atoms with Gasteiger partial charge in [-0.2, -0.15) is 0 Å². The van der Waals surface area contributed by atoms with Gasteiger partial charge in [-0.1, -0.05) is 42.5 Å². The number of hydrogen-bond acceptors (Lipinski definition) is 1. The van der Waals surface area contributed by atoms with E-state index in [-0.39, 0.29) is 0 Å². The van der Waals surface area contributed by atoms with Crippen LogP contribution in [-0.4, -0.2) is 6.29 Å². The molecule has 0 heterocycles. The number of carbonyl (C=O) groups is 1. The minimum atomic E-state index is 0.706. The van der Waals surface area contributed by atoms with Crippen molar-refractivity contribution >= 4 is 6.29 Å². The molecule has 0 aromatic heterocycles. The van der Waals surface area contributed by atoms with Crippen molar-refractivity contribution < 1.29 is 4.79 Å². The van der Waals surface area contributed by atoms with Gasteiger partial charge in [0, 0.05) is 6.42 Å². The van der Waals surface area contributed by atoms with Gasteiger partial charge in [0.15, 0.2) is 0 Å². The van der Waals surface area contributed by atoms with Crippen LogP contribution in [0.25, 0.3) is 0 Å². The van der Waals surface area contributed by atoms with E-state index < -0.39 is 0 Å². The average Bonchev–Trinajstić information content (AvgIpc) is 2.34. The zero-order chi connectivity index (χ0) is 11.5. The Kier molecular flexibility index (Phi) is 7.06. The van der Waals surface area contributed by atoms with Crippen LogP contribution in [-0.2, 0) is 11.2 Å². The Labute approximate surface area is 98.2 Å². The minimum absolute atomic E-state index is 0.706. The second-order valence-electron chi connectivity index (χ2n) is 3.95. The largest absolute Gasteiger partial charge is 0.303 e. The molecule has 1 heteroatoms. The van der Waals surface area contributed by atoms with E-state index in [1.807, 2.05) is 6.07 Å². The molecule has 0 aliphatic heterocycles. The zero-order valence-electron chi connectivity index (χ0n) is 9.77. The van der Waals surface area contributed by atoms with Crippen molar-refractivity contribution in [3.05, 3.63) is 48.0 Å². The number of carbonyl (C=O) groups excluding carboxylic acids is 1. The summed E-state index contributed by atoms with van der Waals surface area (Å²) >= 11 is 0. The number of rotatable bonds is 8. The van der Waals surface area contributed by atoms with Crippen molar-refractivity contribution in [2.75, 3.05) is 0 Å². The van der Waals surface area contributed by atoms with E-state index >= 15 is 0 Å². The predicted octanol–water partition coefficient (Wildman–Crippen LogP) is 3.93. The van der Waals surface area contributed by atoms with E-state index in [9.17, 15) is 4.79 Å². The van der Waals surface area contributed by atoms with Crippen molar-refractivity contribution in [1.82, 2.24) is 0 Å². The first-order valence-electron chi connectivity index (χ1n) is 6.06. The molecule has 0 spiro atoms. The lowest BCUT2D eigenvalue weighted by atomic mass is 10.1. The molecule has 0 fully saturated rings. The topological polar surface area (TPSA) is 17.1 Å². The first-order valence-corrected chi connectivity index (χ1v) is 6.06. The van der Waals surface area contributed by atoms with Crippen LogP contribution < -0.4 is 0 Å². The molecule has 0 amide bonds. The molecule has 1 aromatic rings. The highest BCUT2D eigenvalue weighted by Gasteiger charge is 1.88. The van der Waals surface area contributed by atoms with Gasteiger partial charge in [-0.3, -0.25) is 0 Å². The van der Waals surface area contributed by atoms with Gasteiger partial charge in [0.05, 0.1) is 0 Å². The Balaban J connectivity index is 2.02. The Morgan fingerprint density at radius 3 is 2.31 bits per heavy atom. The summed E-state index contributed by atoms with van der Waals surface area (Å²) in [7, 11) is 0. The molecule has 0 radical (unpaired) electrons. The summed E-state index contributed by atoms with van der Waals surface area (Å²) in [6.45, 7) is 0. The Hall–Kier alpha value is -1.37. The van der Waals surface area contributed by atoms with Crippen LogP contribution in [0.4, 0.5) is 0 Å². The van der Waals surface area contributed by atoms with Crippen molar-refractivity contribution in [1.29, 1.82) is 0 Å². The first kappa shape index (κ1) is 12.7. The van der Waals surface area contributed by atoms with Gasteiger partial charge in [0.25, 0.3) is 0 Å². The Morgan fingerprint density at radius 1 is 0.875 bits per heavy atom. The summed E-state index contributed by atoms with van der Waals surface area (Å²) in [6, 6.07) is 10.5. The maximum absolute atomic E-state index is 10.1. The number of unbranched alkanes of at least 4 members (excludes halogenated alkanes) is 3. The number of aryl methyl sites for hydroxylation is 1. The highest BCUT2D eigenvalue weighted by atomic mass is 16.1. The fourth-order valence-corrected chi connectivity index (χ4v) is 1.62. The third-order valence-corrected chi connectivity index (χ3v) is 2.55. The quantitative estimate of drug-likeness (QED) is 0.365. The smallest absolute Gasteiger partial charge is 0.119 e. The van der Waals surface area contributed by atoms with Gasteiger partial charge < -0.3 is 4.79 Å². The summed E-state index contributed by atoms with van der Waals surface area (Å²) in [6.07, 6.45) is 11.7. The number of hydrogen-bond donors (Lipinski definition) is 0. The summed E-state index contributed by atoms with van der Waals surface area (Å²) in [5.74, 6) is 0. The van der Waals surface area contributed by atoms with E-state index in [0.29, 0.717) is 6.42 Å². The lowest BCUT2D eigenvalue weighted by Crippen LogP contribution is -1.81. The molecular formula is C15H20O. The van der Waals surface area contributed by atoms with Gasteiger partial charge in [-0.05, 0) is 37.7 Å². The lowest BCUT2D eigenvalue weighted by Gasteiger charge is -1.96. The van der Waals surface area contributed by atoms with Gasteiger partial charge in [0.1, 0.15) is 6.29 Å². The second kappa shape index (κ2) is 8.90. The first-order chi connectivity index (χ1) is 7.93. The monoisotopic (exact) mass is 216 g/mol. The van der Waals surface area contributed by atoms with Crippen LogP contribution in [0.3, 0.4) is 0 Å². The fraction of sp³-hybridized carbons (Fsp3) is 0.400. The van der Waals surface area contributed by atoms with E-state index in [2.05, 4.69) is 36.4 Å². The molecule has 0 atom stereocenters. The highest BCUT2D eigenvalue weighted by Crippen LogP contribution is 2.04. The lowest BCUT2D eigenvalue weighted by molar-refractivity contribution is -0.107. The second-order valence-corrected chi connectivity index (χ2v) is 3.95. The van der Waals surface area contributed by atoms with Crippen LogP contribution in [0.5, 0.6) is 0 Å². The molecule has 86 valence electrons. The van der Waals surface area contributed by atoms with Crippen LogP contribution in [0, 0.1) is 0 Å². The van der Waals surface area contributed by atoms with E-state index in [0.717, 1.165) is 38.4 Å². The van der Waals surface area contributed by atoms with Gasteiger partial charge >= 0.3 is 0 Å². The molecule has 0 unspecified atom stereocenters. The third-order valence-electron chi connectivity index (χ3n) is 2.55. The molecule has 1 rings (SSSR count). The zero-order valence-corrected chi connectivity index (χ0v) is 9.77. The molecule has 16 heavy (non-hydrogen) atoms. The predicted molar refractivity (Wildman–Crippen MR) is 68.4 cm³/mol. The van der Waals surface area contributed by atoms with Crippen molar-refractivity contribution in [2.45, 2.75) is 38.5 Å². The summed E-state index contributed by atoms with van der Waals surface area (Å²) in [5.41, 5.74) is 1.40. The molecule has 0 saturated carbocycles. The molecule has 1 nitrogen and oxygen atoms in total. The normalized spacial score (nSPS) is 10.8. The SMILES string of the molecule is O=CCCCC/C=C/CCc1ccccc1. The minimum Gasteiger partial charge on any atom is -0.303 e. The molecule has 0 aliphatic carbocycles. The average molecular weight is 216 g/mol. The van der Waals surface area contributed by atoms with Gasteiger partial charge in [-0.25, -0.2) is 0 Å². The third kappa shape index (κ3) is 6.18. The standard InChI is InChI=1S/C15H20O/c16-14-10-5-3-1-2-4-7-11-15-12-8-6-9-13-15/h2,4,6,8-9,12-14H,1,3,5,7,10-11H2/b4-2+. The van der Waals surface area contributed by atoms with Crippen molar-refractivity contribution in [3.63, 3.8) is 0 Å². The van der Waals surface area contributed by atoms with Gasteiger partial charge in [0.2, 0.25) is 0 Å². The Bertz CT molecular complexity index is 300. The number of benzene rings is 1. The van der Waals surface area contributed by atoms with Crippen molar-refractivity contribution in [3.8, 4) is 0 Å². The molecular weight excluding hydrogens is 196 g/mol. The van der Waals surface area contributed by atoms with E-state index in [4.69, 9.17) is 0 Å². The summed E-state index contributed by atoms with van der Waals surface area (Å²) in [4.78, 5) is 10.1.